The molecule has 2 N–H and O–H groups in total. The van der Waals surface area contributed by atoms with Gasteiger partial charge in [0, 0.05) is 16.6 Å². The Morgan fingerprint density at radius 2 is 2.38 bits per heavy atom. The van der Waals surface area contributed by atoms with Gasteiger partial charge < -0.3 is 5.11 Å². The highest BCUT2D eigenvalue weighted by Crippen LogP contribution is 2.26. The summed E-state index contributed by atoms with van der Waals surface area (Å²) in [6.07, 6.45) is 3.40. The normalized spacial score (nSPS) is 10.2. The Labute approximate surface area is 77.8 Å². The van der Waals surface area contributed by atoms with E-state index in [2.05, 4.69) is 10.2 Å². The van der Waals surface area contributed by atoms with Crippen molar-refractivity contribution in [3.8, 4) is 10.4 Å². The van der Waals surface area contributed by atoms with E-state index in [1.807, 2.05) is 0 Å². The molecule has 0 saturated carbocycles. The maximum Gasteiger partial charge on any atom is 0.345 e. The number of thiophene rings is 1. The van der Waals surface area contributed by atoms with Gasteiger partial charge in [0.1, 0.15) is 4.88 Å². The Morgan fingerprint density at radius 1 is 1.54 bits per heavy atom. The van der Waals surface area contributed by atoms with E-state index in [1.54, 1.807) is 24.5 Å². The topological polar surface area (TPSA) is 66.0 Å². The van der Waals surface area contributed by atoms with E-state index >= 15 is 0 Å². The number of nitrogens with zero attached hydrogens (tertiary/aromatic N) is 1. The van der Waals surface area contributed by atoms with E-state index in [0.717, 1.165) is 10.4 Å². The molecule has 0 aliphatic carbocycles. The van der Waals surface area contributed by atoms with Crippen LogP contribution in [0.15, 0.2) is 24.5 Å². The van der Waals surface area contributed by atoms with Crippen LogP contribution in [0.25, 0.3) is 10.4 Å². The Bertz CT molecular complexity index is 419. The standard InChI is InChI=1S/C8H6N2O2S/c11-8(12)7-2-1-6(13-7)5-3-9-10-4-5/h1-4H,(H,9,10)(H,11,12). The fourth-order valence-corrected chi connectivity index (χ4v) is 1.82. The Balaban J connectivity index is 2.39. The van der Waals surface area contributed by atoms with Crippen LogP contribution in [0.5, 0.6) is 0 Å². The largest absolute Gasteiger partial charge is 0.477 e. The van der Waals surface area contributed by atoms with Gasteiger partial charge in [0.05, 0.1) is 6.20 Å². The molecule has 0 bridgehead atoms. The number of aromatic amines is 1. The van der Waals surface area contributed by atoms with Gasteiger partial charge in [0.15, 0.2) is 0 Å². The summed E-state index contributed by atoms with van der Waals surface area (Å²) in [4.78, 5) is 11.8. The van der Waals surface area contributed by atoms with Crippen molar-refractivity contribution in [2.75, 3.05) is 0 Å². The van der Waals surface area contributed by atoms with Crippen LogP contribution in [0, 0.1) is 0 Å². The van der Waals surface area contributed by atoms with Gasteiger partial charge >= 0.3 is 5.97 Å². The molecule has 2 heterocycles. The van der Waals surface area contributed by atoms with Gasteiger partial charge in [-0.3, -0.25) is 5.10 Å². The highest BCUT2D eigenvalue weighted by Gasteiger charge is 2.08. The van der Waals surface area contributed by atoms with Crippen molar-refractivity contribution in [2.24, 2.45) is 0 Å². The molecule has 2 aromatic heterocycles. The molecule has 0 fully saturated rings. The minimum atomic E-state index is -0.889. The molecular weight excluding hydrogens is 188 g/mol. The lowest BCUT2D eigenvalue weighted by atomic mass is 10.3. The number of H-pyrrole nitrogens is 1. The lowest BCUT2D eigenvalue weighted by Crippen LogP contribution is -1.89. The van der Waals surface area contributed by atoms with E-state index in [0.29, 0.717) is 4.88 Å². The number of rotatable bonds is 2. The van der Waals surface area contributed by atoms with Crippen LogP contribution < -0.4 is 0 Å². The SMILES string of the molecule is O=C(O)c1ccc(-c2cn[nH]c2)s1. The Hall–Kier alpha value is -1.62. The van der Waals surface area contributed by atoms with Gasteiger partial charge in [-0.05, 0) is 12.1 Å². The molecule has 0 atom stereocenters. The van der Waals surface area contributed by atoms with Crippen molar-refractivity contribution in [1.82, 2.24) is 10.2 Å². The Kier molecular flexibility index (Phi) is 1.86. The first-order chi connectivity index (χ1) is 6.27. The second-order valence-electron chi connectivity index (χ2n) is 2.46. The number of carboxylic acids is 1. The molecule has 66 valence electrons. The van der Waals surface area contributed by atoms with Crippen LogP contribution in [0.3, 0.4) is 0 Å². The number of aromatic carboxylic acids is 1. The zero-order valence-corrected chi connectivity index (χ0v) is 7.34. The molecule has 13 heavy (non-hydrogen) atoms. The fourth-order valence-electron chi connectivity index (χ4n) is 0.994. The molecule has 5 heteroatoms. The quantitative estimate of drug-likeness (QED) is 0.766. The fraction of sp³-hybridized carbons (Fsp3) is 0. The maximum atomic E-state index is 10.6. The van der Waals surface area contributed by atoms with E-state index in [1.165, 1.54) is 11.3 Å². The monoisotopic (exact) mass is 194 g/mol. The molecule has 2 rings (SSSR count). The van der Waals surface area contributed by atoms with Crippen molar-refractivity contribution >= 4 is 17.3 Å². The first-order valence-corrected chi connectivity index (χ1v) is 4.41. The molecule has 0 amide bonds. The summed E-state index contributed by atoms with van der Waals surface area (Å²) in [7, 11) is 0. The third-order valence-electron chi connectivity index (χ3n) is 1.60. The predicted molar refractivity (Wildman–Crippen MR) is 48.9 cm³/mol. The van der Waals surface area contributed by atoms with Crippen molar-refractivity contribution in [3.05, 3.63) is 29.4 Å². The van der Waals surface area contributed by atoms with Gasteiger partial charge in [0.2, 0.25) is 0 Å². The average Bonchev–Trinajstić information content (AvgIpc) is 2.75. The van der Waals surface area contributed by atoms with Crippen molar-refractivity contribution in [3.63, 3.8) is 0 Å². The maximum absolute atomic E-state index is 10.6. The van der Waals surface area contributed by atoms with Crippen LogP contribution in [0.1, 0.15) is 9.67 Å². The summed E-state index contributed by atoms with van der Waals surface area (Å²) < 4.78 is 0. The predicted octanol–water partition coefficient (Wildman–Crippen LogP) is 1.84. The van der Waals surface area contributed by atoms with Crippen molar-refractivity contribution in [1.29, 1.82) is 0 Å². The molecular formula is C8H6N2O2S. The summed E-state index contributed by atoms with van der Waals surface area (Å²) in [5, 5.41) is 15.1. The molecule has 0 saturated heterocycles. The van der Waals surface area contributed by atoms with Crippen LogP contribution in [0.2, 0.25) is 0 Å². The molecule has 4 nitrogen and oxygen atoms in total. The van der Waals surface area contributed by atoms with E-state index in [-0.39, 0.29) is 0 Å². The number of aromatic nitrogens is 2. The molecule has 0 radical (unpaired) electrons. The average molecular weight is 194 g/mol. The van der Waals surface area contributed by atoms with Crippen LogP contribution in [-0.2, 0) is 0 Å². The zero-order valence-electron chi connectivity index (χ0n) is 6.52. The third kappa shape index (κ3) is 1.46. The van der Waals surface area contributed by atoms with E-state index < -0.39 is 5.97 Å². The summed E-state index contributed by atoms with van der Waals surface area (Å²) in [6, 6.07) is 3.37. The van der Waals surface area contributed by atoms with E-state index in [4.69, 9.17) is 5.11 Å². The third-order valence-corrected chi connectivity index (χ3v) is 2.72. The van der Waals surface area contributed by atoms with Crippen LogP contribution in [0.4, 0.5) is 0 Å². The first-order valence-electron chi connectivity index (χ1n) is 3.59. The van der Waals surface area contributed by atoms with Crippen LogP contribution in [-0.4, -0.2) is 21.3 Å². The van der Waals surface area contributed by atoms with Gasteiger partial charge in [-0.25, -0.2) is 4.79 Å². The summed E-state index contributed by atoms with van der Waals surface area (Å²) in [5.74, 6) is -0.889. The number of hydrogen-bond donors (Lipinski definition) is 2. The number of nitrogens with one attached hydrogen (secondary N) is 1. The molecule has 0 aliphatic rings. The summed E-state index contributed by atoms with van der Waals surface area (Å²) >= 11 is 1.24. The highest BCUT2D eigenvalue weighted by atomic mass is 32.1. The van der Waals surface area contributed by atoms with Crippen molar-refractivity contribution in [2.45, 2.75) is 0 Å². The first kappa shape index (κ1) is 8.00. The van der Waals surface area contributed by atoms with Gasteiger partial charge in [-0.1, -0.05) is 0 Å². The number of carboxylic acid groups (broad SMARTS) is 1. The van der Waals surface area contributed by atoms with Gasteiger partial charge in [-0.15, -0.1) is 11.3 Å². The van der Waals surface area contributed by atoms with Gasteiger partial charge in [-0.2, -0.15) is 5.10 Å². The summed E-state index contributed by atoms with van der Waals surface area (Å²) in [6.45, 7) is 0. The molecule has 0 spiro atoms. The minimum absolute atomic E-state index is 0.344. The molecule has 0 unspecified atom stereocenters. The minimum Gasteiger partial charge on any atom is -0.477 e. The van der Waals surface area contributed by atoms with Crippen LogP contribution >= 0.6 is 11.3 Å². The lowest BCUT2D eigenvalue weighted by molar-refractivity contribution is 0.0702. The smallest absolute Gasteiger partial charge is 0.345 e. The molecule has 0 aliphatic heterocycles. The lowest BCUT2D eigenvalue weighted by Gasteiger charge is -1.86. The summed E-state index contributed by atoms with van der Waals surface area (Å²) in [5.41, 5.74) is 0.914. The number of hydrogen-bond acceptors (Lipinski definition) is 3. The second-order valence-corrected chi connectivity index (χ2v) is 3.54. The highest BCUT2D eigenvalue weighted by molar-refractivity contribution is 7.17. The Morgan fingerprint density at radius 3 is 2.92 bits per heavy atom. The zero-order chi connectivity index (χ0) is 9.26. The second kappa shape index (κ2) is 3.02. The number of carbonyl (C=O) groups is 1. The van der Waals surface area contributed by atoms with Crippen molar-refractivity contribution < 1.29 is 9.90 Å². The molecule has 0 aromatic carbocycles. The van der Waals surface area contributed by atoms with Gasteiger partial charge in [0.25, 0.3) is 0 Å². The molecule has 2 aromatic rings. The van der Waals surface area contributed by atoms with E-state index in [9.17, 15) is 4.79 Å².